The molecule has 3 rings (SSSR count). The number of aliphatic hydroxyl groups excluding tert-OH is 1. The van der Waals surface area contributed by atoms with Crippen LogP contribution >= 0.6 is 0 Å². The molecule has 0 amide bonds. The molecule has 0 saturated carbocycles. The lowest BCUT2D eigenvalue weighted by molar-refractivity contribution is -0.153. The van der Waals surface area contributed by atoms with Crippen LogP contribution in [0.1, 0.15) is 33.1 Å². The van der Waals surface area contributed by atoms with Gasteiger partial charge in [-0.05, 0) is 37.0 Å². The highest BCUT2D eigenvalue weighted by atomic mass is 16.6. The van der Waals surface area contributed by atoms with Gasteiger partial charge in [0.05, 0.1) is 24.0 Å². The Bertz CT molecular complexity index is 733. The number of carbonyl (C=O) groups is 3. The number of rotatable bonds is 4. The molecule has 2 heterocycles. The minimum absolute atomic E-state index is 0.220. The van der Waals surface area contributed by atoms with Crippen molar-refractivity contribution in [2.24, 2.45) is 11.8 Å². The molecule has 0 aromatic heterocycles. The Morgan fingerprint density at radius 3 is 2.63 bits per heavy atom. The molecule has 1 fully saturated rings. The Balaban J connectivity index is 1.94. The van der Waals surface area contributed by atoms with Gasteiger partial charge < -0.3 is 19.3 Å². The summed E-state index contributed by atoms with van der Waals surface area (Å²) < 4.78 is 16.4. The molecule has 0 spiro atoms. The average Bonchev–Trinajstić information content (AvgIpc) is 3.15. The van der Waals surface area contributed by atoms with Gasteiger partial charge in [-0.1, -0.05) is 20.4 Å². The second-order valence-electron chi connectivity index (χ2n) is 7.17. The molecule has 2 bridgehead atoms. The van der Waals surface area contributed by atoms with Crippen LogP contribution < -0.4 is 0 Å². The fourth-order valence-electron chi connectivity index (χ4n) is 3.48. The Hall–Kier alpha value is -2.41. The van der Waals surface area contributed by atoms with Crippen LogP contribution in [-0.2, 0) is 28.6 Å². The van der Waals surface area contributed by atoms with E-state index in [2.05, 4.69) is 6.58 Å². The van der Waals surface area contributed by atoms with Crippen LogP contribution in [0.15, 0.2) is 35.5 Å². The zero-order valence-electron chi connectivity index (χ0n) is 15.5. The number of ether oxygens (including phenoxy) is 3. The van der Waals surface area contributed by atoms with Gasteiger partial charge in [0.1, 0.15) is 18.3 Å². The molecule has 3 aliphatic rings. The highest BCUT2D eigenvalue weighted by Gasteiger charge is 2.47. The second kappa shape index (κ2) is 7.68. The lowest BCUT2D eigenvalue weighted by atomic mass is 9.87. The zero-order chi connectivity index (χ0) is 19.7. The van der Waals surface area contributed by atoms with E-state index in [-0.39, 0.29) is 29.6 Å². The van der Waals surface area contributed by atoms with Crippen molar-refractivity contribution in [2.45, 2.75) is 51.4 Å². The van der Waals surface area contributed by atoms with Gasteiger partial charge in [-0.25, -0.2) is 9.59 Å². The summed E-state index contributed by atoms with van der Waals surface area (Å²) in [5, 5.41) is 9.66. The van der Waals surface area contributed by atoms with Crippen molar-refractivity contribution >= 4 is 17.9 Å². The van der Waals surface area contributed by atoms with Gasteiger partial charge in [0.25, 0.3) is 0 Å². The van der Waals surface area contributed by atoms with E-state index in [9.17, 15) is 19.5 Å². The maximum atomic E-state index is 12.4. The monoisotopic (exact) mass is 376 g/mol. The zero-order valence-corrected chi connectivity index (χ0v) is 15.5. The maximum Gasteiger partial charge on any atom is 0.338 e. The molecular formula is C20H24O7. The molecule has 146 valence electrons. The van der Waals surface area contributed by atoms with Gasteiger partial charge >= 0.3 is 17.9 Å². The number of hydrogen-bond donors (Lipinski definition) is 1. The fourth-order valence-corrected chi connectivity index (χ4v) is 3.48. The van der Waals surface area contributed by atoms with E-state index in [4.69, 9.17) is 14.2 Å². The predicted octanol–water partition coefficient (Wildman–Crippen LogP) is 1.61. The van der Waals surface area contributed by atoms with Gasteiger partial charge in [0.15, 0.2) is 0 Å². The summed E-state index contributed by atoms with van der Waals surface area (Å²) in [6, 6.07) is 0. The standard InChI is InChI=1S/C20H24O7/c1-4-10(2)18(22)25-14-6-5-12(9-21)7-15-17(11(3)19(23)26-15)16-8-13(14)20(24)27-16/h7-8,10,14-17,21H,3-6,9H2,1-2H3/b12-7+/t10-,14-,15-,16+,17-/m0/s1. The van der Waals surface area contributed by atoms with E-state index in [0.29, 0.717) is 24.8 Å². The van der Waals surface area contributed by atoms with Crippen LogP contribution in [0.4, 0.5) is 0 Å². The summed E-state index contributed by atoms with van der Waals surface area (Å²) in [5.74, 6) is -2.35. The summed E-state index contributed by atoms with van der Waals surface area (Å²) in [5.41, 5.74) is 1.13. The first-order chi connectivity index (χ1) is 12.8. The van der Waals surface area contributed by atoms with Gasteiger partial charge in [0, 0.05) is 5.57 Å². The third-order valence-electron chi connectivity index (χ3n) is 5.39. The van der Waals surface area contributed by atoms with Crippen molar-refractivity contribution in [1.82, 2.24) is 0 Å². The van der Waals surface area contributed by atoms with E-state index in [0.717, 1.165) is 0 Å². The molecule has 2 aliphatic heterocycles. The van der Waals surface area contributed by atoms with Crippen LogP contribution in [0.5, 0.6) is 0 Å². The lowest BCUT2D eigenvalue weighted by Crippen LogP contribution is -2.28. The average molecular weight is 376 g/mol. The van der Waals surface area contributed by atoms with Gasteiger partial charge in [-0.2, -0.15) is 0 Å². The number of esters is 3. The Morgan fingerprint density at radius 2 is 1.96 bits per heavy atom. The molecule has 1 saturated heterocycles. The molecule has 7 heteroatoms. The Labute approximate surface area is 157 Å². The first kappa shape index (κ1) is 19.4. The van der Waals surface area contributed by atoms with E-state index >= 15 is 0 Å². The maximum absolute atomic E-state index is 12.4. The number of fused-ring (bicyclic) bond motifs is 3. The third kappa shape index (κ3) is 3.69. The van der Waals surface area contributed by atoms with E-state index in [1.165, 1.54) is 0 Å². The minimum atomic E-state index is -0.762. The molecule has 1 aliphatic carbocycles. The molecule has 0 radical (unpaired) electrons. The van der Waals surface area contributed by atoms with Gasteiger partial charge in [-0.3, -0.25) is 4.79 Å². The van der Waals surface area contributed by atoms with Crippen LogP contribution in [-0.4, -0.2) is 47.9 Å². The van der Waals surface area contributed by atoms with E-state index < -0.39 is 36.2 Å². The van der Waals surface area contributed by atoms with Crippen LogP contribution in [0.25, 0.3) is 0 Å². The summed E-state index contributed by atoms with van der Waals surface area (Å²) in [7, 11) is 0. The van der Waals surface area contributed by atoms with E-state index in [1.54, 1.807) is 19.1 Å². The van der Waals surface area contributed by atoms with Crippen LogP contribution in [0.3, 0.4) is 0 Å². The molecular weight excluding hydrogens is 352 g/mol. The topological polar surface area (TPSA) is 99.1 Å². The number of carbonyl (C=O) groups excluding carboxylic acids is 3. The van der Waals surface area contributed by atoms with Crippen molar-refractivity contribution in [2.75, 3.05) is 6.61 Å². The van der Waals surface area contributed by atoms with Crippen molar-refractivity contribution in [3.05, 3.63) is 35.5 Å². The first-order valence-corrected chi connectivity index (χ1v) is 9.19. The molecule has 1 N–H and O–H groups in total. The van der Waals surface area contributed by atoms with Gasteiger partial charge in [0.2, 0.25) is 0 Å². The molecule has 7 nitrogen and oxygen atoms in total. The molecule has 27 heavy (non-hydrogen) atoms. The van der Waals surface area contributed by atoms with Crippen LogP contribution in [0.2, 0.25) is 0 Å². The minimum Gasteiger partial charge on any atom is -0.457 e. The van der Waals surface area contributed by atoms with Crippen molar-refractivity contribution in [3.8, 4) is 0 Å². The SMILES string of the molecule is C=C1C(=O)O[C@H]2/C=C(/CO)CC[C@H](OC(=O)[C@@H](C)CC)C3=C[C@@H](OC3=O)[C@@H]12. The predicted molar refractivity (Wildman–Crippen MR) is 94.2 cm³/mol. The third-order valence-corrected chi connectivity index (χ3v) is 5.39. The Morgan fingerprint density at radius 1 is 1.30 bits per heavy atom. The smallest absolute Gasteiger partial charge is 0.338 e. The Kier molecular flexibility index (Phi) is 5.51. The van der Waals surface area contributed by atoms with E-state index in [1.807, 2.05) is 6.92 Å². The highest BCUT2D eigenvalue weighted by Crippen LogP contribution is 2.38. The molecule has 0 aromatic carbocycles. The summed E-state index contributed by atoms with van der Waals surface area (Å²) in [6.07, 6.45) is 2.49. The quantitative estimate of drug-likeness (QED) is 0.344. The summed E-state index contributed by atoms with van der Waals surface area (Å²) in [6.45, 7) is 7.19. The summed E-state index contributed by atoms with van der Waals surface area (Å²) in [4.78, 5) is 36.7. The van der Waals surface area contributed by atoms with Crippen LogP contribution in [0, 0.1) is 11.8 Å². The molecule has 5 atom stereocenters. The summed E-state index contributed by atoms with van der Waals surface area (Å²) >= 11 is 0. The lowest BCUT2D eigenvalue weighted by Gasteiger charge is -2.22. The highest BCUT2D eigenvalue weighted by molar-refractivity contribution is 5.94. The second-order valence-corrected chi connectivity index (χ2v) is 7.17. The van der Waals surface area contributed by atoms with Crippen molar-refractivity contribution in [3.63, 3.8) is 0 Å². The molecule has 0 unspecified atom stereocenters. The van der Waals surface area contributed by atoms with Crippen molar-refractivity contribution < 1.29 is 33.7 Å². The van der Waals surface area contributed by atoms with Crippen molar-refractivity contribution in [1.29, 1.82) is 0 Å². The first-order valence-electron chi connectivity index (χ1n) is 9.19. The largest absolute Gasteiger partial charge is 0.457 e. The van der Waals surface area contributed by atoms with Gasteiger partial charge in [-0.15, -0.1) is 0 Å². The molecule has 0 aromatic rings. The number of hydrogen-bond acceptors (Lipinski definition) is 7. The normalized spacial score (nSPS) is 33.2. The number of aliphatic hydroxyl groups is 1. The fraction of sp³-hybridized carbons (Fsp3) is 0.550.